The molecule has 0 radical (unpaired) electrons. The Bertz CT molecular complexity index is 639. The van der Waals surface area contributed by atoms with Gasteiger partial charge in [0.25, 0.3) is 0 Å². The van der Waals surface area contributed by atoms with Gasteiger partial charge in [-0.15, -0.1) is 0 Å². The summed E-state index contributed by atoms with van der Waals surface area (Å²) in [6.07, 6.45) is 3.53. The maximum absolute atomic E-state index is 13.8. The average Bonchev–Trinajstić information content (AvgIpc) is 2.58. The van der Waals surface area contributed by atoms with E-state index in [9.17, 15) is 4.39 Å². The van der Waals surface area contributed by atoms with Crippen LogP contribution in [-0.4, -0.2) is 35.3 Å². The minimum atomic E-state index is -0.337. The molecule has 0 saturated carbocycles. The molecule has 0 unspecified atom stereocenters. The van der Waals surface area contributed by atoms with E-state index in [4.69, 9.17) is 17.0 Å². The minimum Gasteiger partial charge on any atom is -0.383 e. The fourth-order valence-electron chi connectivity index (χ4n) is 2.21. The van der Waals surface area contributed by atoms with Crippen LogP contribution < -0.4 is 5.32 Å². The second kappa shape index (κ2) is 8.55. The van der Waals surface area contributed by atoms with Gasteiger partial charge in [-0.3, -0.25) is 4.98 Å². The number of nitrogens with zero attached hydrogens (tertiary/aromatic N) is 2. The molecule has 2 aromatic rings. The smallest absolute Gasteiger partial charge is 0.174 e. The van der Waals surface area contributed by atoms with E-state index < -0.39 is 0 Å². The summed E-state index contributed by atoms with van der Waals surface area (Å²) in [7, 11) is 1.64. The highest BCUT2D eigenvalue weighted by Gasteiger charge is 2.19. The maximum atomic E-state index is 13.8. The van der Waals surface area contributed by atoms with Gasteiger partial charge in [0.2, 0.25) is 0 Å². The molecule has 122 valence electrons. The Morgan fingerprint density at radius 3 is 2.78 bits per heavy atom. The average molecular weight is 333 g/mol. The molecule has 0 fully saturated rings. The molecule has 23 heavy (non-hydrogen) atoms. The molecule has 1 aromatic heterocycles. The quantitative estimate of drug-likeness (QED) is 0.817. The maximum Gasteiger partial charge on any atom is 0.174 e. The first-order valence-electron chi connectivity index (χ1n) is 7.34. The van der Waals surface area contributed by atoms with Gasteiger partial charge in [0.05, 0.1) is 18.3 Å². The van der Waals surface area contributed by atoms with E-state index in [2.05, 4.69) is 10.3 Å². The molecule has 0 amide bonds. The molecular weight excluding hydrogens is 313 g/mol. The number of methoxy groups -OCH3 is 1. The summed E-state index contributed by atoms with van der Waals surface area (Å²) in [6, 6.07) is 10.3. The normalized spacial score (nSPS) is 11.8. The second-order valence-electron chi connectivity index (χ2n) is 5.06. The Balaban J connectivity index is 2.17. The van der Waals surface area contributed by atoms with E-state index in [-0.39, 0.29) is 11.9 Å². The summed E-state index contributed by atoms with van der Waals surface area (Å²) in [5.41, 5.74) is 1.39. The number of pyridine rings is 1. The Morgan fingerprint density at radius 2 is 2.13 bits per heavy atom. The summed E-state index contributed by atoms with van der Waals surface area (Å²) in [5.74, 6) is -0.337. The van der Waals surface area contributed by atoms with Gasteiger partial charge in [0.15, 0.2) is 5.11 Å². The molecule has 0 aliphatic carbocycles. The first kappa shape index (κ1) is 17.3. The van der Waals surface area contributed by atoms with Crippen LogP contribution in [0, 0.1) is 5.82 Å². The van der Waals surface area contributed by atoms with Crippen molar-refractivity contribution < 1.29 is 9.13 Å². The number of halogens is 1. The topological polar surface area (TPSA) is 37.4 Å². The number of para-hydroxylation sites is 1. The zero-order valence-electron chi connectivity index (χ0n) is 13.2. The predicted octanol–water partition coefficient (Wildman–Crippen LogP) is 3.63. The number of rotatable bonds is 6. The number of ether oxygens (including phenoxy) is 1. The van der Waals surface area contributed by atoms with Crippen LogP contribution >= 0.6 is 12.2 Å². The van der Waals surface area contributed by atoms with Crippen molar-refractivity contribution in [1.29, 1.82) is 0 Å². The molecule has 1 atom stereocenters. The molecule has 1 aromatic carbocycles. The van der Waals surface area contributed by atoms with Crippen LogP contribution in [0.4, 0.5) is 10.1 Å². The highest BCUT2D eigenvalue weighted by atomic mass is 32.1. The third kappa shape index (κ3) is 4.71. The van der Waals surface area contributed by atoms with Crippen LogP contribution in [0.5, 0.6) is 0 Å². The van der Waals surface area contributed by atoms with Gasteiger partial charge in [0, 0.05) is 26.0 Å². The van der Waals surface area contributed by atoms with Crippen molar-refractivity contribution in [3.8, 4) is 0 Å². The predicted molar refractivity (Wildman–Crippen MR) is 93.9 cm³/mol. The molecule has 4 nitrogen and oxygen atoms in total. The number of hydrogen-bond acceptors (Lipinski definition) is 3. The van der Waals surface area contributed by atoms with Crippen LogP contribution in [0.25, 0.3) is 0 Å². The minimum absolute atomic E-state index is 0.00868. The lowest BCUT2D eigenvalue weighted by atomic mass is 10.1. The molecule has 1 heterocycles. The summed E-state index contributed by atoms with van der Waals surface area (Å²) in [4.78, 5) is 6.10. The van der Waals surface area contributed by atoms with Crippen LogP contribution in [0.2, 0.25) is 0 Å². The van der Waals surface area contributed by atoms with E-state index in [0.717, 1.165) is 5.56 Å². The van der Waals surface area contributed by atoms with E-state index in [1.54, 1.807) is 37.7 Å². The van der Waals surface area contributed by atoms with Crippen molar-refractivity contribution in [3.05, 3.63) is 60.2 Å². The van der Waals surface area contributed by atoms with Crippen molar-refractivity contribution in [2.24, 2.45) is 0 Å². The summed E-state index contributed by atoms with van der Waals surface area (Å²) in [6.45, 7) is 3.14. The highest BCUT2D eigenvalue weighted by molar-refractivity contribution is 7.80. The summed E-state index contributed by atoms with van der Waals surface area (Å²) < 4.78 is 19.0. The van der Waals surface area contributed by atoms with Gasteiger partial charge in [-0.2, -0.15) is 0 Å². The molecule has 6 heteroatoms. The van der Waals surface area contributed by atoms with Crippen molar-refractivity contribution in [1.82, 2.24) is 9.88 Å². The fourth-order valence-corrected chi connectivity index (χ4v) is 2.57. The van der Waals surface area contributed by atoms with Crippen LogP contribution in [0.15, 0.2) is 48.8 Å². The molecule has 0 spiro atoms. The van der Waals surface area contributed by atoms with Gasteiger partial charge < -0.3 is 15.0 Å². The zero-order valence-corrected chi connectivity index (χ0v) is 14.0. The lowest BCUT2D eigenvalue weighted by molar-refractivity contribution is 0.165. The monoisotopic (exact) mass is 333 g/mol. The third-order valence-electron chi connectivity index (χ3n) is 3.55. The number of anilines is 1. The van der Waals surface area contributed by atoms with Crippen LogP contribution in [0.3, 0.4) is 0 Å². The number of benzene rings is 1. The van der Waals surface area contributed by atoms with E-state index in [1.165, 1.54) is 6.07 Å². The van der Waals surface area contributed by atoms with Gasteiger partial charge in [0.1, 0.15) is 5.82 Å². The van der Waals surface area contributed by atoms with Crippen LogP contribution in [0.1, 0.15) is 18.5 Å². The van der Waals surface area contributed by atoms with Gasteiger partial charge >= 0.3 is 0 Å². The number of nitrogens with one attached hydrogen (secondary N) is 1. The second-order valence-corrected chi connectivity index (χ2v) is 5.45. The Morgan fingerprint density at radius 1 is 1.35 bits per heavy atom. The van der Waals surface area contributed by atoms with E-state index >= 15 is 0 Å². The molecule has 0 bridgehead atoms. The number of aromatic nitrogens is 1. The molecule has 0 aliphatic heterocycles. The lowest BCUT2D eigenvalue weighted by Gasteiger charge is -2.32. The van der Waals surface area contributed by atoms with Gasteiger partial charge in [-0.1, -0.05) is 18.2 Å². The molecule has 1 N–H and O–H groups in total. The molecule has 0 saturated heterocycles. The largest absolute Gasteiger partial charge is 0.383 e. The number of thiocarbonyl (C=S) groups is 1. The molecule has 2 rings (SSSR count). The third-order valence-corrected chi connectivity index (χ3v) is 3.88. The molecule has 0 aliphatic rings. The van der Waals surface area contributed by atoms with E-state index in [0.29, 0.717) is 24.0 Å². The van der Waals surface area contributed by atoms with Gasteiger partial charge in [-0.25, -0.2) is 4.39 Å². The summed E-state index contributed by atoms with van der Waals surface area (Å²) >= 11 is 5.48. The summed E-state index contributed by atoms with van der Waals surface area (Å²) in [5, 5.41) is 3.42. The van der Waals surface area contributed by atoms with Crippen LogP contribution in [-0.2, 0) is 4.74 Å². The first-order chi connectivity index (χ1) is 11.1. The standard InChI is InChI=1S/C17H20FN3OS/c1-13(14-6-5-9-19-12-14)21(10-11-22-2)17(23)20-16-8-4-3-7-15(16)18/h3-9,12-13H,10-11H2,1-2H3,(H,20,23)/t13-/m1/s1. The highest BCUT2D eigenvalue weighted by Crippen LogP contribution is 2.21. The fraction of sp³-hybridized carbons (Fsp3) is 0.294. The first-order valence-corrected chi connectivity index (χ1v) is 7.75. The number of hydrogen-bond donors (Lipinski definition) is 1. The Kier molecular flexibility index (Phi) is 6.43. The van der Waals surface area contributed by atoms with Crippen molar-refractivity contribution >= 4 is 23.0 Å². The lowest BCUT2D eigenvalue weighted by Crippen LogP contribution is -2.39. The molecular formula is C17H20FN3OS. The Labute approximate surface area is 141 Å². The van der Waals surface area contributed by atoms with E-state index in [1.807, 2.05) is 24.0 Å². The van der Waals surface area contributed by atoms with Crippen molar-refractivity contribution in [2.75, 3.05) is 25.6 Å². The van der Waals surface area contributed by atoms with Crippen molar-refractivity contribution in [2.45, 2.75) is 13.0 Å². The zero-order chi connectivity index (χ0) is 16.7. The van der Waals surface area contributed by atoms with Crippen molar-refractivity contribution in [3.63, 3.8) is 0 Å². The Hall–Kier alpha value is -2.05. The SMILES string of the molecule is COCCN(C(=S)Nc1ccccc1F)[C@H](C)c1cccnc1. The van der Waals surface area contributed by atoms with Gasteiger partial charge in [-0.05, 0) is 42.9 Å².